The Morgan fingerprint density at radius 1 is 1.04 bits per heavy atom. The zero-order chi connectivity index (χ0) is 17.5. The highest BCUT2D eigenvalue weighted by Crippen LogP contribution is 2.26. The summed E-state index contributed by atoms with van der Waals surface area (Å²) >= 11 is 4.92. The Labute approximate surface area is 154 Å². The van der Waals surface area contributed by atoms with Crippen LogP contribution in [0.3, 0.4) is 0 Å². The zero-order valence-corrected chi connectivity index (χ0v) is 16.0. The summed E-state index contributed by atoms with van der Waals surface area (Å²) in [5, 5.41) is 5.56. The van der Waals surface area contributed by atoms with Gasteiger partial charge in [0.25, 0.3) is 0 Å². The smallest absolute Gasteiger partial charge is 0.234 e. The average molecular weight is 407 g/mol. The second-order valence-corrected chi connectivity index (χ2v) is 7.30. The molecule has 2 aromatic carbocycles. The minimum atomic E-state index is -0.179. The molecule has 0 aromatic heterocycles. The van der Waals surface area contributed by atoms with Gasteiger partial charge in [0.1, 0.15) is 0 Å². The van der Waals surface area contributed by atoms with E-state index >= 15 is 0 Å². The first-order valence-corrected chi connectivity index (χ1v) is 9.39. The van der Waals surface area contributed by atoms with Crippen molar-refractivity contribution < 1.29 is 9.59 Å². The maximum atomic E-state index is 12.1. The van der Waals surface area contributed by atoms with Crippen molar-refractivity contribution in [1.29, 1.82) is 0 Å². The molecule has 0 aliphatic rings. The fourth-order valence-electron chi connectivity index (χ4n) is 2.05. The van der Waals surface area contributed by atoms with Gasteiger partial charge in [0.2, 0.25) is 11.8 Å². The van der Waals surface area contributed by atoms with E-state index in [4.69, 9.17) is 0 Å². The van der Waals surface area contributed by atoms with E-state index in [1.807, 2.05) is 6.07 Å². The summed E-state index contributed by atoms with van der Waals surface area (Å²) in [4.78, 5) is 23.4. The van der Waals surface area contributed by atoms with Gasteiger partial charge in [0, 0.05) is 17.1 Å². The molecule has 0 aliphatic heterocycles. The van der Waals surface area contributed by atoms with E-state index in [1.54, 1.807) is 23.9 Å². The Bertz CT molecular complexity index is 732. The third kappa shape index (κ3) is 6.02. The number of thioether (sulfide) groups is 1. The molecule has 0 aliphatic carbocycles. The SMILES string of the molecule is CC(=O)Nc1ccc(Br)cc1NC(=O)CSCc1ccc(C)cc1. The number of hydrogen-bond acceptors (Lipinski definition) is 3. The number of carbonyl (C=O) groups excluding carboxylic acids is 2. The summed E-state index contributed by atoms with van der Waals surface area (Å²) in [5.74, 6) is 0.850. The van der Waals surface area contributed by atoms with Crippen LogP contribution in [0.4, 0.5) is 11.4 Å². The number of nitrogens with one attached hydrogen (secondary N) is 2. The van der Waals surface area contributed by atoms with E-state index in [-0.39, 0.29) is 11.8 Å². The average Bonchev–Trinajstić information content (AvgIpc) is 2.51. The van der Waals surface area contributed by atoms with Crippen LogP contribution in [-0.2, 0) is 15.3 Å². The van der Waals surface area contributed by atoms with Crippen molar-refractivity contribution in [2.45, 2.75) is 19.6 Å². The normalized spacial score (nSPS) is 10.3. The molecule has 0 saturated heterocycles. The summed E-state index contributed by atoms with van der Waals surface area (Å²) in [5.41, 5.74) is 3.59. The molecule has 6 heteroatoms. The van der Waals surface area contributed by atoms with E-state index in [2.05, 4.69) is 57.8 Å². The van der Waals surface area contributed by atoms with Crippen LogP contribution < -0.4 is 10.6 Å². The predicted molar refractivity (Wildman–Crippen MR) is 104 cm³/mol. The summed E-state index contributed by atoms with van der Waals surface area (Å²) < 4.78 is 0.833. The van der Waals surface area contributed by atoms with Crippen LogP contribution in [0.2, 0.25) is 0 Å². The van der Waals surface area contributed by atoms with Crippen LogP contribution in [-0.4, -0.2) is 17.6 Å². The highest BCUT2D eigenvalue weighted by molar-refractivity contribution is 9.10. The topological polar surface area (TPSA) is 58.2 Å². The Morgan fingerprint density at radius 2 is 1.75 bits per heavy atom. The number of benzene rings is 2. The first-order valence-electron chi connectivity index (χ1n) is 7.44. The number of rotatable bonds is 6. The Hall–Kier alpha value is -1.79. The Morgan fingerprint density at radius 3 is 2.42 bits per heavy atom. The second-order valence-electron chi connectivity index (χ2n) is 5.40. The third-order valence-corrected chi connectivity index (χ3v) is 4.69. The van der Waals surface area contributed by atoms with E-state index in [9.17, 15) is 9.59 Å². The fourth-order valence-corrected chi connectivity index (χ4v) is 3.20. The molecule has 0 atom stereocenters. The van der Waals surface area contributed by atoms with E-state index in [1.165, 1.54) is 18.1 Å². The van der Waals surface area contributed by atoms with Crippen molar-refractivity contribution in [2.24, 2.45) is 0 Å². The summed E-state index contributed by atoms with van der Waals surface area (Å²) in [6, 6.07) is 13.6. The van der Waals surface area contributed by atoms with Crippen molar-refractivity contribution >= 4 is 50.9 Å². The zero-order valence-electron chi connectivity index (χ0n) is 13.6. The van der Waals surface area contributed by atoms with Gasteiger partial charge >= 0.3 is 0 Å². The van der Waals surface area contributed by atoms with E-state index in [0.717, 1.165) is 10.2 Å². The number of aryl methyl sites for hydroxylation is 1. The van der Waals surface area contributed by atoms with Gasteiger partial charge in [0.05, 0.1) is 17.1 Å². The molecule has 0 spiro atoms. The molecule has 0 radical (unpaired) electrons. The van der Waals surface area contributed by atoms with Crippen molar-refractivity contribution in [3.63, 3.8) is 0 Å². The Kier molecular flexibility index (Phi) is 6.87. The monoisotopic (exact) mass is 406 g/mol. The predicted octanol–water partition coefficient (Wildman–Crippen LogP) is 4.59. The van der Waals surface area contributed by atoms with Gasteiger partial charge in [0.15, 0.2) is 0 Å². The van der Waals surface area contributed by atoms with Gasteiger partial charge in [-0.25, -0.2) is 0 Å². The van der Waals surface area contributed by atoms with Gasteiger partial charge in [-0.2, -0.15) is 0 Å². The van der Waals surface area contributed by atoms with Gasteiger partial charge in [-0.15, -0.1) is 11.8 Å². The van der Waals surface area contributed by atoms with Crippen LogP contribution in [0.1, 0.15) is 18.1 Å². The number of amides is 2. The molecule has 0 fully saturated rings. The fraction of sp³-hybridized carbons (Fsp3) is 0.222. The van der Waals surface area contributed by atoms with Crippen LogP contribution in [0.25, 0.3) is 0 Å². The number of anilines is 2. The van der Waals surface area contributed by atoms with Crippen molar-refractivity contribution in [3.8, 4) is 0 Å². The molecule has 2 amide bonds. The first-order chi connectivity index (χ1) is 11.4. The molecule has 2 rings (SSSR count). The van der Waals surface area contributed by atoms with Crippen LogP contribution in [0, 0.1) is 6.92 Å². The summed E-state index contributed by atoms with van der Waals surface area (Å²) in [6.07, 6.45) is 0. The molecule has 2 aromatic rings. The van der Waals surface area contributed by atoms with Gasteiger partial charge in [-0.1, -0.05) is 45.8 Å². The summed E-state index contributed by atoms with van der Waals surface area (Å²) in [6.45, 7) is 3.49. The summed E-state index contributed by atoms with van der Waals surface area (Å²) in [7, 11) is 0. The van der Waals surface area contributed by atoms with Gasteiger partial charge in [-0.3, -0.25) is 9.59 Å². The quantitative estimate of drug-likeness (QED) is 0.737. The lowest BCUT2D eigenvalue weighted by Crippen LogP contribution is -2.16. The maximum absolute atomic E-state index is 12.1. The van der Waals surface area contributed by atoms with Gasteiger partial charge in [-0.05, 0) is 30.7 Å². The number of halogens is 1. The molecular weight excluding hydrogens is 388 g/mol. The second kappa shape index (κ2) is 8.89. The standard InChI is InChI=1S/C18H19BrN2O2S/c1-12-3-5-14(6-4-12)10-24-11-18(23)21-17-9-15(19)7-8-16(17)20-13(2)22/h3-9H,10-11H2,1-2H3,(H,20,22)(H,21,23). The maximum Gasteiger partial charge on any atom is 0.234 e. The minimum absolute atomic E-state index is 0.100. The molecule has 0 bridgehead atoms. The third-order valence-electron chi connectivity index (χ3n) is 3.19. The Balaban J connectivity index is 1.90. The first kappa shape index (κ1) is 18.5. The van der Waals surface area contributed by atoms with E-state index < -0.39 is 0 Å². The molecule has 0 saturated carbocycles. The largest absolute Gasteiger partial charge is 0.325 e. The number of hydrogen-bond donors (Lipinski definition) is 2. The van der Waals surface area contributed by atoms with Gasteiger partial charge < -0.3 is 10.6 Å². The van der Waals surface area contributed by atoms with E-state index in [0.29, 0.717) is 17.1 Å². The number of carbonyl (C=O) groups is 2. The molecule has 0 unspecified atom stereocenters. The molecular formula is C18H19BrN2O2S. The highest BCUT2D eigenvalue weighted by Gasteiger charge is 2.09. The van der Waals surface area contributed by atoms with Crippen LogP contribution in [0.5, 0.6) is 0 Å². The molecule has 126 valence electrons. The van der Waals surface area contributed by atoms with Crippen molar-refractivity contribution in [2.75, 3.05) is 16.4 Å². The molecule has 2 N–H and O–H groups in total. The van der Waals surface area contributed by atoms with Crippen LogP contribution >= 0.6 is 27.7 Å². The highest BCUT2D eigenvalue weighted by atomic mass is 79.9. The molecule has 24 heavy (non-hydrogen) atoms. The van der Waals surface area contributed by atoms with Crippen LogP contribution in [0.15, 0.2) is 46.9 Å². The minimum Gasteiger partial charge on any atom is -0.325 e. The molecule has 0 heterocycles. The molecule has 4 nitrogen and oxygen atoms in total. The lowest BCUT2D eigenvalue weighted by molar-refractivity contribution is -0.115. The lowest BCUT2D eigenvalue weighted by atomic mass is 10.2. The lowest BCUT2D eigenvalue weighted by Gasteiger charge is -2.12. The van der Waals surface area contributed by atoms with Crippen molar-refractivity contribution in [1.82, 2.24) is 0 Å². The van der Waals surface area contributed by atoms with Crippen molar-refractivity contribution in [3.05, 3.63) is 58.1 Å².